The van der Waals surface area contributed by atoms with Crippen LogP contribution in [-0.2, 0) is 18.9 Å². The number of aliphatic hydroxyl groups excluding tert-OH is 1. The highest BCUT2D eigenvalue weighted by Crippen LogP contribution is 2.89. The molecule has 0 aromatic rings. The minimum absolute atomic E-state index is 0.0254. The Balaban J connectivity index is 0.969. The maximum Gasteiger partial charge on any atom is 0.170 e. The molecular formula is C43H74N2O6. The van der Waals surface area contributed by atoms with Gasteiger partial charge in [0.05, 0.1) is 36.6 Å². The van der Waals surface area contributed by atoms with Gasteiger partial charge >= 0.3 is 0 Å². The summed E-state index contributed by atoms with van der Waals surface area (Å²) in [5.41, 5.74) is -0.410. The Labute approximate surface area is 310 Å². The fourth-order valence-corrected chi connectivity index (χ4v) is 15.5. The maximum absolute atomic E-state index is 12.7. The Kier molecular flexibility index (Phi) is 9.48. The molecule has 51 heavy (non-hydrogen) atoms. The first-order valence-electron chi connectivity index (χ1n) is 21.4. The summed E-state index contributed by atoms with van der Waals surface area (Å²) in [4.78, 5) is 5.20. The second kappa shape index (κ2) is 12.9. The first-order chi connectivity index (χ1) is 24.1. The molecule has 3 saturated heterocycles. The highest BCUT2D eigenvalue weighted by atomic mass is 16.7. The number of nitrogens with zero attached hydrogens (tertiary/aromatic N) is 2. The van der Waals surface area contributed by atoms with E-state index in [1.165, 1.54) is 71.1 Å². The Morgan fingerprint density at radius 2 is 1.67 bits per heavy atom. The highest BCUT2D eigenvalue weighted by Gasteiger charge is 2.84. The van der Waals surface area contributed by atoms with Crippen molar-refractivity contribution in [2.45, 2.75) is 163 Å². The predicted octanol–water partition coefficient (Wildman–Crippen LogP) is 6.36. The Hall–Kier alpha value is -0.320. The van der Waals surface area contributed by atoms with Crippen molar-refractivity contribution in [1.82, 2.24) is 9.80 Å². The van der Waals surface area contributed by atoms with E-state index in [2.05, 4.69) is 51.3 Å². The van der Waals surface area contributed by atoms with E-state index in [1.807, 2.05) is 20.8 Å². The molecule has 292 valence electrons. The lowest BCUT2D eigenvalue weighted by molar-refractivity contribution is -0.249. The number of aliphatic hydroxyl groups is 2. The Bertz CT molecular complexity index is 1280. The van der Waals surface area contributed by atoms with Gasteiger partial charge in [-0.25, -0.2) is 0 Å². The lowest BCUT2D eigenvalue weighted by Gasteiger charge is -2.64. The number of morpholine rings is 1. The van der Waals surface area contributed by atoms with Crippen LogP contribution in [0.15, 0.2) is 0 Å². The number of hydrogen-bond acceptors (Lipinski definition) is 8. The maximum atomic E-state index is 12.7. The van der Waals surface area contributed by atoms with Crippen LogP contribution in [0.5, 0.6) is 0 Å². The van der Waals surface area contributed by atoms with Crippen LogP contribution in [0.25, 0.3) is 0 Å². The van der Waals surface area contributed by atoms with E-state index in [4.69, 9.17) is 18.9 Å². The van der Waals surface area contributed by atoms with Gasteiger partial charge in [-0.2, -0.15) is 0 Å². The second-order valence-electron chi connectivity index (χ2n) is 20.9. The summed E-state index contributed by atoms with van der Waals surface area (Å²) in [6.45, 7) is 28.5. The van der Waals surface area contributed by atoms with E-state index in [9.17, 15) is 10.2 Å². The zero-order valence-corrected chi connectivity index (χ0v) is 33.8. The summed E-state index contributed by atoms with van der Waals surface area (Å²) in [6, 6.07) is 0. The summed E-state index contributed by atoms with van der Waals surface area (Å²) in [5.74, 6) is 2.66. The molecule has 8 aliphatic rings. The quantitative estimate of drug-likeness (QED) is 0.271. The molecule has 2 spiro atoms. The van der Waals surface area contributed by atoms with Gasteiger partial charge < -0.3 is 34.1 Å². The van der Waals surface area contributed by atoms with Gasteiger partial charge in [0.15, 0.2) is 6.29 Å². The SMILES string of the molecule is CCCN1CC(CN2CCO[C@@H](O[C@H]3CC[C@]45C[C@]46CC[C@]4(C)[C@@H]7[C@H](O[C@@H]([C@H](OCC)C(C)(C)O)C[C@H]7C)[C@H](O)[C@@]4(C)[C@@H]6CC[C@H]5C3(C)C)C2)C1. The molecule has 8 nitrogen and oxygen atoms in total. The van der Waals surface area contributed by atoms with Crippen molar-refractivity contribution in [3.8, 4) is 0 Å². The fourth-order valence-electron chi connectivity index (χ4n) is 15.5. The molecule has 3 heterocycles. The van der Waals surface area contributed by atoms with Crippen LogP contribution >= 0.6 is 0 Å². The van der Waals surface area contributed by atoms with Gasteiger partial charge in [-0.05, 0) is 136 Å². The van der Waals surface area contributed by atoms with Gasteiger partial charge in [0, 0.05) is 44.7 Å². The van der Waals surface area contributed by atoms with Gasteiger partial charge in [-0.15, -0.1) is 0 Å². The molecule has 5 saturated carbocycles. The van der Waals surface area contributed by atoms with Crippen LogP contribution in [-0.4, -0.2) is 115 Å². The lowest BCUT2D eigenvalue weighted by atomic mass is 9.41. The third kappa shape index (κ3) is 5.47. The van der Waals surface area contributed by atoms with Crippen molar-refractivity contribution >= 4 is 0 Å². The van der Waals surface area contributed by atoms with E-state index in [0.29, 0.717) is 41.1 Å². The molecular weight excluding hydrogens is 640 g/mol. The van der Waals surface area contributed by atoms with E-state index in [0.717, 1.165) is 38.5 Å². The molecule has 3 aliphatic heterocycles. The standard InChI is InChI=1S/C43H74N2O6/c1-10-18-44-22-28(23-44)24-45-19-20-49-33(25-45)51-32-14-15-42-26-43(42)17-16-40(8)34-27(3)21-29(37(48-11-2)39(6,7)47)50-35(34)36(46)41(40,9)31(43)13-12-30(42)38(32,4)5/h27-37,46-47H,10-26H2,1-9H3/t27-,29-,30+,31+,32+,33+,34+,35+,36+,37+,40-,41-,42-,43+/m1/s1. The van der Waals surface area contributed by atoms with Gasteiger partial charge in [0.1, 0.15) is 6.10 Å². The zero-order chi connectivity index (χ0) is 36.4. The topological polar surface area (TPSA) is 83.9 Å². The third-order valence-electron chi connectivity index (χ3n) is 17.7. The number of ether oxygens (including phenoxy) is 4. The first kappa shape index (κ1) is 37.6. The van der Waals surface area contributed by atoms with E-state index in [1.54, 1.807) is 0 Å². The minimum atomic E-state index is -1.01. The summed E-state index contributed by atoms with van der Waals surface area (Å²) in [7, 11) is 0. The van der Waals surface area contributed by atoms with E-state index in [-0.39, 0.29) is 40.8 Å². The van der Waals surface area contributed by atoms with Gasteiger partial charge in [0.25, 0.3) is 0 Å². The molecule has 0 aromatic heterocycles. The van der Waals surface area contributed by atoms with E-state index >= 15 is 0 Å². The monoisotopic (exact) mass is 715 g/mol. The molecule has 8 fully saturated rings. The van der Waals surface area contributed by atoms with Gasteiger partial charge in [0.2, 0.25) is 0 Å². The van der Waals surface area contributed by atoms with Crippen LogP contribution in [0.1, 0.15) is 120 Å². The van der Waals surface area contributed by atoms with Crippen molar-refractivity contribution in [1.29, 1.82) is 0 Å². The average molecular weight is 715 g/mol. The van der Waals surface area contributed by atoms with Crippen LogP contribution < -0.4 is 0 Å². The van der Waals surface area contributed by atoms with E-state index < -0.39 is 17.8 Å². The minimum Gasteiger partial charge on any atom is -0.390 e. The average Bonchev–Trinajstić information content (AvgIpc) is 3.68. The molecule has 0 amide bonds. The summed E-state index contributed by atoms with van der Waals surface area (Å²) >= 11 is 0. The van der Waals surface area contributed by atoms with Crippen LogP contribution in [0.3, 0.4) is 0 Å². The normalized spacial score (nSPS) is 50.3. The molecule has 8 rings (SSSR count). The first-order valence-corrected chi connectivity index (χ1v) is 21.4. The molecule has 5 aliphatic carbocycles. The zero-order valence-electron chi connectivity index (χ0n) is 33.8. The second-order valence-corrected chi connectivity index (χ2v) is 20.9. The van der Waals surface area contributed by atoms with Crippen molar-refractivity contribution in [3.05, 3.63) is 0 Å². The number of rotatable bonds is 10. The predicted molar refractivity (Wildman–Crippen MR) is 199 cm³/mol. The van der Waals surface area contributed by atoms with Crippen LogP contribution in [0.4, 0.5) is 0 Å². The molecule has 8 heteroatoms. The molecule has 0 radical (unpaired) electrons. The van der Waals surface area contributed by atoms with Crippen molar-refractivity contribution in [2.24, 2.45) is 56.7 Å². The number of hydrogen-bond donors (Lipinski definition) is 2. The largest absolute Gasteiger partial charge is 0.390 e. The summed E-state index contributed by atoms with van der Waals surface area (Å²) in [5, 5.41) is 23.8. The van der Waals surface area contributed by atoms with Crippen molar-refractivity contribution in [3.63, 3.8) is 0 Å². The summed E-state index contributed by atoms with van der Waals surface area (Å²) in [6.07, 6.45) is 9.45. The van der Waals surface area contributed by atoms with Crippen LogP contribution in [0, 0.1) is 56.7 Å². The molecule has 0 unspecified atom stereocenters. The molecule has 2 N–H and O–H groups in total. The highest BCUT2D eigenvalue weighted by molar-refractivity contribution is 5.33. The van der Waals surface area contributed by atoms with Gasteiger partial charge in [-0.1, -0.05) is 41.5 Å². The summed E-state index contributed by atoms with van der Waals surface area (Å²) < 4.78 is 26.5. The number of fused-ring (bicyclic) bond motifs is 4. The number of likely N-dealkylation sites (tertiary alicyclic amines) is 1. The Morgan fingerprint density at radius 3 is 2.37 bits per heavy atom. The smallest absolute Gasteiger partial charge is 0.170 e. The fraction of sp³-hybridized carbons (Fsp3) is 1.00. The van der Waals surface area contributed by atoms with Crippen molar-refractivity contribution in [2.75, 3.05) is 52.5 Å². The molecule has 0 bridgehead atoms. The Morgan fingerprint density at radius 1 is 0.941 bits per heavy atom. The lowest BCUT2D eigenvalue weighted by Crippen LogP contribution is -2.60. The van der Waals surface area contributed by atoms with Crippen LogP contribution in [0.2, 0.25) is 0 Å². The van der Waals surface area contributed by atoms with Crippen molar-refractivity contribution < 1.29 is 29.2 Å². The molecule has 0 aromatic carbocycles. The van der Waals surface area contributed by atoms with Gasteiger partial charge in [-0.3, -0.25) is 4.90 Å². The third-order valence-corrected chi connectivity index (χ3v) is 17.7. The molecule has 14 atom stereocenters.